The molecule has 1 unspecified atom stereocenters. The van der Waals surface area contributed by atoms with Gasteiger partial charge >= 0.3 is 0 Å². The molecule has 24 heavy (non-hydrogen) atoms. The summed E-state index contributed by atoms with van der Waals surface area (Å²) in [6, 6.07) is 5.91. The molecule has 128 valence electrons. The monoisotopic (exact) mass is 345 g/mol. The number of nitrogens with one attached hydrogen (secondary N) is 1. The summed E-state index contributed by atoms with van der Waals surface area (Å²) in [5.41, 5.74) is 3.18. The van der Waals surface area contributed by atoms with E-state index < -0.39 is 5.91 Å². The van der Waals surface area contributed by atoms with Crippen LogP contribution in [0.15, 0.2) is 17.7 Å². The molecule has 0 aliphatic carbocycles. The molecule has 1 aliphatic rings. The lowest BCUT2D eigenvalue weighted by atomic mass is 9.79. The normalized spacial score (nSPS) is 19.5. The Morgan fingerprint density at radius 2 is 2.21 bits per heavy atom. The van der Waals surface area contributed by atoms with Crippen molar-refractivity contribution in [1.29, 1.82) is 5.26 Å². The molecule has 0 saturated heterocycles. The molecule has 2 rings (SSSR count). The number of carbonyl (C=O) groups excluding carboxylic acids is 1. The number of likely N-dealkylation sites (N-methyl/N-ethyl adjacent to an activating group) is 1. The lowest BCUT2D eigenvalue weighted by Gasteiger charge is -2.47. The maximum atomic E-state index is 11.7. The highest BCUT2D eigenvalue weighted by atomic mass is 35.5. The maximum Gasteiger partial charge on any atom is 0.261 e. The highest BCUT2D eigenvalue weighted by molar-refractivity contribution is 6.32. The second-order valence-electron chi connectivity index (χ2n) is 6.84. The minimum Gasteiger partial charge on any atom is -0.366 e. The van der Waals surface area contributed by atoms with E-state index in [1.807, 2.05) is 18.2 Å². The average molecular weight is 346 g/mol. The Bertz CT molecular complexity index is 731. The van der Waals surface area contributed by atoms with Gasteiger partial charge in [-0.3, -0.25) is 4.79 Å². The molecule has 4 nitrogen and oxygen atoms in total. The van der Waals surface area contributed by atoms with E-state index in [9.17, 15) is 10.1 Å². The molecule has 1 aromatic carbocycles. The zero-order chi connectivity index (χ0) is 18.1. The SMILES string of the molecule is CCN1c2cc(Cl)c(/C=C(\C#N)C(=O)NC)cc2C(C)CC1(C)C. The van der Waals surface area contributed by atoms with Crippen molar-refractivity contribution in [2.75, 3.05) is 18.5 Å². The van der Waals surface area contributed by atoms with Crippen LogP contribution in [0.3, 0.4) is 0 Å². The van der Waals surface area contributed by atoms with Crippen molar-refractivity contribution in [3.8, 4) is 6.07 Å². The molecule has 1 atom stereocenters. The Balaban J connectivity index is 2.59. The molecule has 1 N–H and O–H groups in total. The Hall–Kier alpha value is -1.99. The van der Waals surface area contributed by atoms with Gasteiger partial charge in [-0.2, -0.15) is 5.26 Å². The van der Waals surface area contributed by atoms with Crippen LogP contribution in [0.2, 0.25) is 5.02 Å². The summed E-state index contributed by atoms with van der Waals surface area (Å²) < 4.78 is 0. The standard InChI is InChI=1S/C19H24ClN3O/c1-6-23-17-9-16(20)13(7-14(11-21)18(24)22-5)8-15(17)12(2)10-19(23,3)4/h7-9,12H,6,10H2,1-5H3,(H,22,24)/b14-7+. The first kappa shape index (κ1) is 18.4. The van der Waals surface area contributed by atoms with Gasteiger partial charge in [0.25, 0.3) is 5.91 Å². The Morgan fingerprint density at radius 1 is 1.54 bits per heavy atom. The fraction of sp³-hybridized carbons (Fsp3) is 0.474. The first-order valence-corrected chi connectivity index (χ1v) is 8.58. The van der Waals surface area contributed by atoms with Crippen molar-refractivity contribution in [3.05, 3.63) is 33.9 Å². The molecule has 1 heterocycles. The smallest absolute Gasteiger partial charge is 0.261 e. The number of hydrogen-bond donors (Lipinski definition) is 1. The fourth-order valence-corrected chi connectivity index (χ4v) is 3.88. The van der Waals surface area contributed by atoms with Gasteiger partial charge in [0.1, 0.15) is 11.6 Å². The molecule has 0 bridgehead atoms. The van der Waals surface area contributed by atoms with Crippen molar-refractivity contribution in [2.45, 2.75) is 45.6 Å². The number of nitriles is 1. The lowest BCUT2D eigenvalue weighted by molar-refractivity contribution is -0.116. The highest BCUT2D eigenvalue weighted by Crippen LogP contribution is 2.45. The van der Waals surface area contributed by atoms with Gasteiger partial charge in [0.2, 0.25) is 0 Å². The summed E-state index contributed by atoms with van der Waals surface area (Å²) in [7, 11) is 1.51. The first-order chi connectivity index (χ1) is 11.2. The third-order valence-corrected chi connectivity index (χ3v) is 5.04. The van der Waals surface area contributed by atoms with Crippen LogP contribution in [0.4, 0.5) is 5.69 Å². The van der Waals surface area contributed by atoms with Crippen molar-refractivity contribution < 1.29 is 4.79 Å². The van der Waals surface area contributed by atoms with Gasteiger partial charge in [-0.1, -0.05) is 18.5 Å². The number of hydrogen-bond acceptors (Lipinski definition) is 3. The van der Waals surface area contributed by atoms with Gasteiger partial charge in [0.05, 0.1) is 0 Å². The molecule has 1 amide bonds. The Morgan fingerprint density at radius 3 is 2.75 bits per heavy atom. The van der Waals surface area contributed by atoms with Crippen LogP contribution in [-0.2, 0) is 4.79 Å². The van der Waals surface area contributed by atoms with Crippen LogP contribution in [-0.4, -0.2) is 25.0 Å². The first-order valence-electron chi connectivity index (χ1n) is 8.20. The number of fused-ring (bicyclic) bond motifs is 1. The van der Waals surface area contributed by atoms with Crippen LogP contribution < -0.4 is 10.2 Å². The van der Waals surface area contributed by atoms with Crippen molar-refractivity contribution >= 4 is 29.3 Å². The third kappa shape index (κ3) is 3.27. The van der Waals surface area contributed by atoms with Crippen molar-refractivity contribution in [2.24, 2.45) is 0 Å². The summed E-state index contributed by atoms with van der Waals surface area (Å²) in [5, 5.41) is 12.2. The summed E-state index contributed by atoms with van der Waals surface area (Å²) in [6.07, 6.45) is 2.60. The predicted molar refractivity (Wildman–Crippen MR) is 99.2 cm³/mol. The van der Waals surface area contributed by atoms with Crippen LogP contribution in [0.25, 0.3) is 6.08 Å². The van der Waals surface area contributed by atoms with Gasteiger partial charge in [0, 0.05) is 29.8 Å². The van der Waals surface area contributed by atoms with Crippen molar-refractivity contribution in [3.63, 3.8) is 0 Å². The van der Waals surface area contributed by atoms with Crippen molar-refractivity contribution in [1.82, 2.24) is 5.32 Å². The molecule has 1 aliphatic heterocycles. The number of halogens is 1. The average Bonchev–Trinajstić information content (AvgIpc) is 2.52. The second kappa shape index (κ2) is 6.86. The number of nitrogens with zero attached hydrogens (tertiary/aromatic N) is 2. The molecule has 1 aromatic rings. The van der Waals surface area contributed by atoms with Gasteiger partial charge < -0.3 is 10.2 Å². The minimum atomic E-state index is -0.407. The van der Waals surface area contributed by atoms with E-state index in [0.29, 0.717) is 16.5 Å². The molecule has 0 saturated carbocycles. The van der Waals surface area contributed by atoms with Gasteiger partial charge in [-0.25, -0.2) is 0 Å². The van der Waals surface area contributed by atoms with E-state index in [0.717, 1.165) is 18.7 Å². The number of anilines is 1. The minimum absolute atomic E-state index is 0.0514. The van der Waals surface area contributed by atoms with E-state index in [2.05, 4.69) is 37.9 Å². The topological polar surface area (TPSA) is 56.1 Å². The summed E-state index contributed by atoms with van der Waals surface area (Å²) in [6.45, 7) is 9.75. The molecule has 0 spiro atoms. The lowest BCUT2D eigenvalue weighted by Crippen LogP contribution is -2.48. The van der Waals surface area contributed by atoms with E-state index in [1.54, 1.807) is 6.08 Å². The zero-order valence-corrected chi connectivity index (χ0v) is 15.7. The third-order valence-electron chi connectivity index (χ3n) is 4.71. The molecular formula is C19H24ClN3O. The molecule has 5 heteroatoms. The highest BCUT2D eigenvalue weighted by Gasteiger charge is 2.35. The van der Waals surface area contributed by atoms with Crippen LogP contribution >= 0.6 is 11.6 Å². The number of amides is 1. The Labute approximate surface area is 149 Å². The number of rotatable bonds is 3. The fourth-order valence-electron chi connectivity index (χ4n) is 3.67. The van der Waals surface area contributed by atoms with E-state index >= 15 is 0 Å². The van der Waals surface area contributed by atoms with E-state index in [4.69, 9.17) is 11.6 Å². The van der Waals surface area contributed by atoms with Gasteiger partial charge in [-0.15, -0.1) is 0 Å². The zero-order valence-electron chi connectivity index (χ0n) is 14.9. The van der Waals surface area contributed by atoms with Crippen LogP contribution in [0.5, 0.6) is 0 Å². The van der Waals surface area contributed by atoms with Gasteiger partial charge in [0.15, 0.2) is 0 Å². The molecule has 0 aromatic heterocycles. The largest absolute Gasteiger partial charge is 0.366 e. The predicted octanol–water partition coefficient (Wildman–Crippen LogP) is 4.11. The van der Waals surface area contributed by atoms with Crippen LogP contribution in [0.1, 0.15) is 51.2 Å². The second-order valence-corrected chi connectivity index (χ2v) is 7.25. The van der Waals surface area contributed by atoms with Crippen LogP contribution in [0, 0.1) is 11.3 Å². The summed E-state index contributed by atoms with van der Waals surface area (Å²) >= 11 is 6.46. The molecule has 0 fully saturated rings. The summed E-state index contributed by atoms with van der Waals surface area (Å²) in [4.78, 5) is 14.1. The maximum absolute atomic E-state index is 11.7. The molecular weight excluding hydrogens is 322 g/mol. The molecule has 0 radical (unpaired) electrons. The summed E-state index contributed by atoms with van der Waals surface area (Å²) in [5.74, 6) is -0.0246. The Kier molecular flexibility index (Phi) is 5.25. The number of carbonyl (C=O) groups is 1. The van der Waals surface area contributed by atoms with E-state index in [-0.39, 0.29) is 11.1 Å². The quantitative estimate of drug-likeness (QED) is 0.662. The number of benzene rings is 1. The van der Waals surface area contributed by atoms with E-state index in [1.165, 1.54) is 12.6 Å². The van der Waals surface area contributed by atoms with Gasteiger partial charge in [-0.05, 0) is 62.4 Å².